The number of rotatable bonds is 30. The van der Waals surface area contributed by atoms with Crippen LogP contribution in [0.5, 0.6) is 0 Å². The Hall–Kier alpha value is -5.27. The molecule has 0 aliphatic rings. The second-order valence-electron chi connectivity index (χ2n) is 14.8. The summed E-state index contributed by atoms with van der Waals surface area (Å²) in [7, 11) is 0. The van der Waals surface area contributed by atoms with Gasteiger partial charge in [-0.1, -0.05) is 145 Å². The van der Waals surface area contributed by atoms with Crippen molar-refractivity contribution in [3.05, 3.63) is 71.8 Å². The summed E-state index contributed by atoms with van der Waals surface area (Å²) in [5.74, 6) is -4.62. The third-order valence-electron chi connectivity index (χ3n) is 10.0. The monoisotopic (exact) mass is 792 g/mol. The van der Waals surface area contributed by atoms with E-state index in [2.05, 4.69) is 21.3 Å². The topological polar surface area (TPSA) is 240 Å². The van der Waals surface area contributed by atoms with E-state index in [0.717, 1.165) is 70.6 Å². The van der Waals surface area contributed by atoms with Crippen molar-refractivity contribution >= 4 is 41.4 Å². The van der Waals surface area contributed by atoms with Crippen LogP contribution in [0.15, 0.2) is 60.7 Å². The quantitative estimate of drug-likeness (QED) is 0.0555. The minimum Gasteiger partial charge on any atom is -0.480 e. The largest absolute Gasteiger partial charge is 0.480 e. The summed E-state index contributed by atoms with van der Waals surface area (Å²) in [5, 5.41) is 20.2. The maximum atomic E-state index is 13.2. The highest BCUT2D eigenvalue weighted by Crippen LogP contribution is 2.16. The van der Waals surface area contributed by atoms with Gasteiger partial charge in [0.15, 0.2) is 0 Å². The number of nitrogens with two attached hydrogens (primary N) is 2. The maximum absolute atomic E-state index is 13.2. The summed E-state index contributed by atoms with van der Waals surface area (Å²) in [6, 6.07) is 13.3. The van der Waals surface area contributed by atoms with E-state index in [0.29, 0.717) is 30.4 Å². The first kappa shape index (κ1) is 47.9. The van der Waals surface area contributed by atoms with E-state index in [1.807, 2.05) is 19.9 Å². The van der Waals surface area contributed by atoms with Crippen molar-refractivity contribution in [3.8, 4) is 0 Å². The molecule has 0 spiro atoms. The zero-order valence-electron chi connectivity index (χ0n) is 33.6. The number of unbranched alkanes of at least 4 members (excludes halogenated alkanes) is 11. The fourth-order valence-electron chi connectivity index (χ4n) is 6.48. The van der Waals surface area contributed by atoms with Crippen molar-refractivity contribution in [1.82, 2.24) is 21.3 Å². The summed E-state index contributed by atoms with van der Waals surface area (Å²) in [5.41, 5.74) is 12.2. The van der Waals surface area contributed by atoms with Gasteiger partial charge in [0, 0.05) is 19.3 Å². The number of benzene rings is 2. The first-order valence-electron chi connectivity index (χ1n) is 20.4. The molecule has 0 radical (unpaired) electrons. The number of aliphatic carboxylic acids is 1. The summed E-state index contributed by atoms with van der Waals surface area (Å²) < 4.78 is 0. The van der Waals surface area contributed by atoms with Crippen molar-refractivity contribution in [2.24, 2.45) is 17.4 Å². The predicted molar refractivity (Wildman–Crippen MR) is 218 cm³/mol. The highest BCUT2D eigenvalue weighted by molar-refractivity contribution is 5.94. The van der Waals surface area contributed by atoms with Crippen LogP contribution in [0.2, 0.25) is 0 Å². The molecule has 0 unspecified atom stereocenters. The van der Waals surface area contributed by atoms with Gasteiger partial charge in [-0.25, -0.2) is 4.79 Å². The number of nitrogens with one attached hydrogen (secondary N) is 4. The lowest BCUT2D eigenvalue weighted by Gasteiger charge is -2.26. The van der Waals surface area contributed by atoms with Crippen molar-refractivity contribution in [3.63, 3.8) is 0 Å². The van der Waals surface area contributed by atoms with Gasteiger partial charge in [0.25, 0.3) is 0 Å². The lowest BCUT2D eigenvalue weighted by atomic mass is 9.97. The van der Waals surface area contributed by atoms with Gasteiger partial charge in [-0.05, 0) is 29.9 Å². The standard InChI is InChI=1S/C43H64N6O8/c1-3-30(2)38(42(55)49-39(40(45)53)32-24-18-15-19-25-32)48-37(52)27-21-13-11-9-7-5-4-6-8-10-12-20-26-36(51)46-33(29-35(44)50)41(54)47-34(43(56)57)28-31-22-16-14-17-23-31/h14-19,22-25,30,33-34,38-39H,3-13,20-21,26-29H2,1-2H3,(H2,44,50)(H2,45,53)(H,46,51)(H,47,54)(H,48,52)(H,49,55)(H,56,57)/t30-,33-,34-,38-,39-/m0/s1. The molecule has 0 saturated heterocycles. The Bertz CT molecular complexity index is 1560. The molecular formula is C43H64N6O8. The van der Waals surface area contributed by atoms with Crippen LogP contribution >= 0.6 is 0 Å². The Morgan fingerprint density at radius 1 is 0.596 bits per heavy atom. The number of amides is 6. The van der Waals surface area contributed by atoms with E-state index in [1.54, 1.807) is 54.6 Å². The normalized spacial score (nSPS) is 13.6. The van der Waals surface area contributed by atoms with Gasteiger partial charge < -0.3 is 37.8 Å². The highest BCUT2D eigenvalue weighted by atomic mass is 16.4. The van der Waals surface area contributed by atoms with Gasteiger partial charge in [0.05, 0.1) is 6.42 Å². The average Bonchev–Trinajstić information content (AvgIpc) is 3.18. The molecule has 2 aromatic carbocycles. The molecule has 5 atom stereocenters. The van der Waals surface area contributed by atoms with Crippen LogP contribution in [-0.2, 0) is 40.0 Å². The number of hydrogen-bond donors (Lipinski definition) is 7. The van der Waals surface area contributed by atoms with E-state index in [-0.39, 0.29) is 24.7 Å². The zero-order chi connectivity index (χ0) is 42.0. The summed E-state index contributed by atoms with van der Waals surface area (Å²) in [6.45, 7) is 3.83. The number of carboxylic acids is 1. The molecule has 0 bridgehead atoms. The summed E-state index contributed by atoms with van der Waals surface area (Å²) in [6.07, 6.45) is 12.5. The van der Waals surface area contributed by atoms with Crippen LogP contribution in [0.3, 0.4) is 0 Å². The van der Waals surface area contributed by atoms with Crippen LogP contribution in [0.1, 0.15) is 134 Å². The van der Waals surface area contributed by atoms with Crippen LogP contribution in [0.4, 0.5) is 0 Å². The number of carboxylic acid groups (broad SMARTS) is 1. The lowest BCUT2D eigenvalue weighted by molar-refractivity contribution is -0.142. The lowest BCUT2D eigenvalue weighted by Crippen LogP contribution is -2.53. The molecule has 57 heavy (non-hydrogen) atoms. The van der Waals surface area contributed by atoms with Gasteiger partial charge in [0.2, 0.25) is 35.4 Å². The number of primary amides is 2. The second-order valence-corrected chi connectivity index (χ2v) is 14.8. The second kappa shape index (κ2) is 27.3. The molecule has 314 valence electrons. The molecule has 2 rings (SSSR count). The molecule has 0 aliphatic heterocycles. The Morgan fingerprint density at radius 2 is 1.07 bits per heavy atom. The Balaban J connectivity index is 1.56. The number of hydrogen-bond acceptors (Lipinski definition) is 7. The third kappa shape index (κ3) is 19.9. The molecule has 0 saturated carbocycles. The Morgan fingerprint density at radius 3 is 1.53 bits per heavy atom. The Labute approximate surface area is 337 Å². The van der Waals surface area contributed by atoms with Crippen LogP contribution < -0.4 is 32.7 Å². The van der Waals surface area contributed by atoms with Crippen molar-refractivity contribution in [1.29, 1.82) is 0 Å². The van der Waals surface area contributed by atoms with Crippen molar-refractivity contribution in [2.75, 3.05) is 0 Å². The van der Waals surface area contributed by atoms with Crippen LogP contribution in [0, 0.1) is 5.92 Å². The third-order valence-corrected chi connectivity index (χ3v) is 10.0. The fourth-order valence-corrected chi connectivity index (χ4v) is 6.48. The van der Waals surface area contributed by atoms with Crippen molar-refractivity contribution < 1.29 is 38.7 Å². The van der Waals surface area contributed by atoms with E-state index in [1.165, 1.54) is 0 Å². The number of carbonyl (C=O) groups is 7. The van der Waals surface area contributed by atoms with Crippen LogP contribution in [-0.4, -0.2) is 64.6 Å². The smallest absolute Gasteiger partial charge is 0.326 e. The molecule has 2 aromatic rings. The number of carbonyl (C=O) groups excluding carboxylic acids is 6. The van der Waals surface area contributed by atoms with E-state index < -0.39 is 66.1 Å². The van der Waals surface area contributed by atoms with Gasteiger partial charge in [0.1, 0.15) is 24.2 Å². The molecule has 14 nitrogen and oxygen atoms in total. The highest BCUT2D eigenvalue weighted by Gasteiger charge is 2.30. The minimum atomic E-state index is -1.26. The average molecular weight is 793 g/mol. The van der Waals surface area contributed by atoms with Gasteiger partial charge >= 0.3 is 5.97 Å². The molecule has 14 heteroatoms. The molecule has 0 aliphatic carbocycles. The molecule has 0 heterocycles. The predicted octanol–water partition coefficient (Wildman–Crippen LogP) is 4.49. The molecule has 6 amide bonds. The molecule has 0 aromatic heterocycles. The fraction of sp³-hybridized carbons (Fsp3) is 0.558. The van der Waals surface area contributed by atoms with Gasteiger partial charge in [-0.15, -0.1) is 0 Å². The Kier molecular flexibility index (Phi) is 23.0. The minimum absolute atomic E-state index is 0.0466. The SMILES string of the molecule is CC[C@H](C)[C@H](NC(=O)CCCCCCCCCCCCCCC(=O)N[C@@H](CC(N)=O)C(=O)N[C@@H](Cc1ccccc1)C(=O)O)C(=O)N[C@H](C(N)=O)c1ccccc1. The van der Waals surface area contributed by atoms with Gasteiger partial charge in [-0.2, -0.15) is 0 Å². The maximum Gasteiger partial charge on any atom is 0.326 e. The first-order valence-corrected chi connectivity index (χ1v) is 20.4. The van der Waals surface area contributed by atoms with Gasteiger partial charge in [-0.3, -0.25) is 28.8 Å². The van der Waals surface area contributed by atoms with E-state index in [4.69, 9.17) is 11.5 Å². The van der Waals surface area contributed by atoms with Crippen molar-refractivity contribution in [2.45, 2.75) is 147 Å². The van der Waals surface area contributed by atoms with E-state index in [9.17, 15) is 38.7 Å². The molecule has 9 N–H and O–H groups in total. The van der Waals surface area contributed by atoms with Crippen LogP contribution in [0.25, 0.3) is 0 Å². The molecular weight excluding hydrogens is 729 g/mol. The zero-order valence-corrected chi connectivity index (χ0v) is 33.6. The first-order chi connectivity index (χ1) is 27.3. The summed E-state index contributed by atoms with van der Waals surface area (Å²) in [4.78, 5) is 86.8. The summed E-state index contributed by atoms with van der Waals surface area (Å²) >= 11 is 0. The molecule has 0 fully saturated rings. The van der Waals surface area contributed by atoms with E-state index >= 15 is 0 Å².